The van der Waals surface area contributed by atoms with Crippen molar-refractivity contribution in [2.24, 2.45) is 0 Å². The molecule has 0 spiro atoms. The second kappa shape index (κ2) is 9.70. The van der Waals surface area contributed by atoms with Gasteiger partial charge in [-0.15, -0.1) is 0 Å². The van der Waals surface area contributed by atoms with E-state index in [1.807, 2.05) is 0 Å². The van der Waals surface area contributed by atoms with Gasteiger partial charge >= 0.3 is 7.60 Å². The first-order valence-electron chi connectivity index (χ1n) is 10.3. The summed E-state index contributed by atoms with van der Waals surface area (Å²) in [6.45, 7) is 0. The molecule has 0 aliphatic heterocycles. The zero-order chi connectivity index (χ0) is 26.0. The van der Waals surface area contributed by atoms with Gasteiger partial charge in [0.15, 0.2) is 5.82 Å². The van der Waals surface area contributed by atoms with E-state index in [-0.39, 0.29) is 22.6 Å². The first-order chi connectivity index (χ1) is 17.0. The maximum Gasteiger partial charge on any atom is 0.330 e. The van der Waals surface area contributed by atoms with Crippen LogP contribution in [0.15, 0.2) is 66.7 Å². The average Bonchev–Trinajstić information content (AvgIpc) is 3.15. The predicted octanol–water partition coefficient (Wildman–Crippen LogP) is 4.32. The smallest absolute Gasteiger partial charge is 0.330 e. The molecular formula is C23H18FN4O7P. The number of fused-ring (bicyclic) bond motifs is 1. The third kappa shape index (κ3) is 5.63. The summed E-state index contributed by atoms with van der Waals surface area (Å²) in [6, 6.07) is 13.9. The molecule has 4 N–H and O–H groups in total. The molecule has 0 saturated carbocycles. The molecule has 0 atom stereocenters. The lowest BCUT2D eigenvalue weighted by atomic mass is 10.1. The number of carbonyl (C=O) groups excluding carboxylic acids is 1. The minimum atomic E-state index is -4.46. The molecule has 1 aromatic heterocycles. The van der Waals surface area contributed by atoms with Crippen LogP contribution in [0.4, 0.5) is 15.8 Å². The monoisotopic (exact) mass is 512 g/mol. The number of rotatable bonds is 7. The van der Waals surface area contributed by atoms with E-state index in [2.05, 4.69) is 10.3 Å². The SMILES string of the molecule is O=C(/C=C/c1ccc(F)c(CP(=O)(O)O)c1)Nc1ccc(-c2nc3ccc([N+](=O)[O-])cc3n2O)cc1. The molecule has 0 unspecified atom stereocenters. The summed E-state index contributed by atoms with van der Waals surface area (Å²) in [5.74, 6) is -1.11. The quantitative estimate of drug-likeness (QED) is 0.0933. The summed E-state index contributed by atoms with van der Waals surface area (Å²) in [5.41, 5.74) is 1.49. The summed E-state index contributed by atoms with van der Waals surface area (Å²) in [6.07, 6.45) is 1.81. The predicted molar refractivity (Wildman–Crippen MR) is 129 cm³/mol. The fraction of sp³-hybridized carbons (Fsp3) is 0.0435. The van der Waals surface area contributed by atoms with Crippen LogP contribution in [0.3, 0.4) is 0 Å². The molecule has 0 saturated heterocycles. The van der Waals surface area contributed by atoms with Gasteiger partial charge in [-0.1, -0.05) is 6.07 Å². The van der Waals surface area contributed by atoms with Crippen molar-refractivity contribution in [2.45, 2.75) is 6.16 Å². The average molecular weight is 512 g/mol. The highest BCUT2D eigenvalue weighted by molar-refractivity contribution is 7.50. The van der Waals surface area contributed by atoms with E-state index >= 15 is 0 Å². The fourth-order valence-corrected chi connectivity index (χ4v) is 4.14. The number of aromatic nitrogens is 2. The summed E-state index contributed by atoms with van der Waals surface area (Å²) in [5, 5.41) is 24.0. The van der Waals surface area contributed by atoms with Gasteiger partial charge in [-0.3, -0.25) is 19.5 Å². The molecule has 13 heteroatoms. The summed E-state index contributed by atoms with van der Waals surface area (Å²) >= 11 is 0. The van der Waals surface area contributed by atoms with Gasteiger partial charge in [-0.2, -0.15) is 4.73 Å². The largest absolute Gasteiger partial charge is 0.426 e. The lowest BCUT2D eigenvalue weighted by Gasteiger charge is -2.07. The van der Waals surface area contributed by atoms with E-state index in [0.29, 0.717) is 22.3 Å². The first-order valence-corrected chi connectivity index (χ1v) is 12.1. The molecule has 36 heavy (non-hydrogen) atoms. The van der Waals surface area contributed by atoms with Crippen LogP contribution in [0.1, 0.15) is 11.1 Å². The minimum Gasteiger partial charge on any atom is -0.426 e. The van der Waals surface area contributed by atoms with Gasteiger partial charge < -0.3 is 20.3 Å². The zero-order valence-corrected chi connectivity index (χ0v) is 19.2. The van der Waals surface area contributed by atoms with Gasteiger partial charge in [0.2, 0.25) is 5.91 Å². The van der Waals surface area contributed by atoms with Crippen LogP contribution in [-0.2, 0) is 15.5 Å². The third-order valence-corrected chi connectivity index (χ3v) is 5.86. The van der Waals surface area contributed by atoms with Crippen LogP contribution in [0, 0.1) is 15.9 Å². The second-order valence-electron chi connectivity index (χ2n) is 7.75. The molecule has 184 valence electrons. The van der Waals surface area contributed by atoms with Gasteiger partial charge in [-0.25, -0.2) is 9.37 Å². The maximum atomic E-state index is 13.8. The Morgan fingerprint density at radius 3 is 2.53 bits per heavy atom. The van der Waals surface area contributed by atoms with Crippen molar-refractivity contribution < 1.29 is 33.7 Å². The van der Waals surface area contributed by atoms with E-state index in [0.717, 1.165) is 10.8 Å². The maximum absolute atomic E-state index is 13.8. The van der Waals surface area contributed by atoms with Crippen LogP contribution in [-0.4, -0.2) is 35.5 Å². The Hall–Kier alpha value is -4.38. The number of amides is 1. The molecule has 0 aliphatic rings. The fourth-order valence-electron chi connectivity index (χ4n) is 3.45. The number of anilines is 1. The molecule has 0 fully saturated rings. The van der Waals surface area contributed by atoms with Crippen molar-refractivity contribution in [3.05, 3.63) is 93.8 Å². The summed E-state index contributed by atoms with van der Waals surface area (Å²) < 4.78 is 25.7. The number of benzene rings is 3. The Labute approximate surface area is 202 Å². The number of non-ortho nitro benzene ring substituents is 1. The van der Waals surface area contributed by atoms with Gasteiger partial charge in [-0.05, 0) is 54.1 Å². The Bertz CT molecular complexity index is 1560. The van der Waals surface area contributed by atoms with Gasteiger partial charge in [0, 0.05) is 35.0 Å². The Morgan fingerprint density at radius 1 is 1.14 bits per heavy atom. The molecule has 0 bridgehead atoms. The van der Waals surface area contributed by atoms with Crippen molar-refractivity contribution >= 4 is 42.0 Å². The summed E-state index contributed by atoms with van der Waals surface area (Å²) in [4.78, 5) is 45.1. The topological polar surface area (TPSA) is 168 Å². The molecule has 11 nitrogen and oxygen atoms in total. The molecular weight excluding hydrogens is 494 g/mol. The Morgan fingerprint density at radius 2 is 1.86 bits per heavy atom. The second-order valence-corrected chi connectivity index (χ2v) is 9.40. The number of nitrogens with zero attached hydrogens (tertiary/aromatic N) is 3. The van der Waals surface area contributed by atoms with Crippen molar-refractivity contribution in [2.75, 3.05) is 5.32 Å². The molecule has 4 rings (SSSR count). The van der Waals surface area contributed by atoms with E-state index in [9.17, 15) is 29.1 Å². The number of halogens is 1. The Kier molecular flexibility index (Phi) is 6.67. The molecule has 0 aliphatic carbocycles. The van der Waals surface area contributed by atoms with E-state index in [1.165, 1.54) is 42.5 Å². The lowest BCUT2D eigenvalue weighted by Crippen LogP contribution is -2.07. The van der Waals surface area contributed by atoms with Crippen LogP contribution in [0.5, 0.6) is 0 Å². The van der Waals surface area contributed by atoms with Crippen LogP contribution < -0.4 is 5.32 Å². The standard InChI is InChI=1S/C23H18FN4O7P/c24-19-8-1-14(11-16(19)13-36(33,34)35)2-10-22(29)25-17-5-3-15(4-6-17)23-26-20-9-7-18(28(31)32)12-21(20)27(23)30/h1-12,30H,13H2,(H,25,29)(H2,33,34,35)/b10-2+. The number of carbonyl (C=O) groups is 1. The minimum absolute atomic E-state index is 0.158. The van der Waals surface area contributed by atoms with Gasteiger partial charge in [0.1, 0.15) is 11.3 Å². The van der Waals surface area contributed by atoms with E-state index in [1.54, 1.807) is 24.3 Å². The number of imidazole rings is 1. The third-order valence-electron chi connectivity index (χ3n) is 5.11. The van der Waals surface area contributed by atoms with Crippen molar-refractivity contribution in [3.8, 4) is 11.4 Å². The van der Waals surface area contributed by atoms with Crippen LogP contribution in [0.25, 0.3) is 28.5 Å². The highest BCUT2D eigenvalue weighted by atomic mass is 31.2. The molecule has 0 radical (unpaired) electrons. The van der Waals surface area contributed by atoms with Crippen LogP contribution >= 0.6 is 7.60 Å². The van der Waals surface area contributed by atoms with Crippen molar-refractivity contribution in [3.63, 3.8) is 0 Å². The molecule has 1 amide bonds. The van der Waals surface area contributed by atoms with Crippen molar-refractivity contribution in [1.82, 2.24) is 9.71 Å². The highest BCUT2D eigenvalue weighted by Crippen LogP contribution is 2.39. The van der Waals surface area contributed by atoms with E-state index in [4.69, 9.17) is 9.79 Å². The molecule has 4 aromatic rings. The lowest BCUT2D eigenvalue weighted by molar-refractivity contribution is -0.384. The Balaban J connectivity index is 1.47. The molecule has 3 aromatic carbocycles. The van der Waals surface area contributed by atoms with Crippen molar-refractivity contribution in [1.29, 1.82) is 0 Å². The zero-order valence-electron chi connectivity index (χ0n) is 18.3. The number of nitrogens with one attached hydrogen (secondary N) is 1. The first kappa shape index (κ1) is 24.7. The van der Waals surface area contributed by atoms with E-state index < -0.39 is 30.4 Å². The van der Waals surface area contributed by atoms with Crippen LogP contribution in [0.2, 0.25) is 0 Å². The highest BCUT2D eigenvalue weighted by Gasteiger charge is 2.18. The molecule has 1 heterocycles. The number of nitro groups is 1. The number of hydrogen-bond donors (Lipinski definition) is 4. The number of hydrogen-bond acceptors (Lipinski definition) is 6. The normalized spacial score (nSPS) is 11.8. The van der Waals surface area contributed by atoms with Gasteiger partial charge in [0.25, 0.3) is 5.69 Å². The number of nitro benzene ring substituents is 1. The summed E-state index contributed by atoms with van der Waals surface area (Å²) in [7, 11) is -4.46. The van der Waals surface area contributed by atoms with Gasteiger partial charge in [0.05, 0.1) is 16.6 Å².